The molecule has 0 radical (unpaired) electrons. The van der Waals surface area contributed by atoms with E-state index in [9.17, 15) is 4.79 Å². The first kappa shape index (κ1) is 14.6. The van der Waals surface area contributed by atoms with E-state index in [1.807, 2.05) is 37.4 Å². The van der Waals surface area contributed by atoms with E-state index in [1.54, 1.807) is 18.3 Å². The topological polar surface area (TPSA) is 20.3 Å². The molecule has 0 aliphatic heterocycles. The SMILES string of the molecule is CC(=O)c1ccc(N(C)Cc2ccc(Cl)s2)cc1Br. The van der Waals surface area contributed by atoms with Crippen molar-refractivity contribution < 1.29 is 4.79 Å². The Balaban J connectivity index is 2.17. The number of hydrogen-bond acceptors (Lipinski definition) is 3. The molecule has 0 atom stereocenters. The number of thiophene rings is 1. The van der Waals surface area contributed by atoms with Crippen molar-refractivity contribution in [3.63, 3.8) is 0 Å². The van der Waals surface area contributed by atoms with Gasteiger partial charge in [-0.05, 0) is 53.2 Å². The van der Waals surface area contributed by atoms with Gasteiger partial charge in [-0.3, -0.25) is 4.79 Å². The molecule has 2 rings (SSSR count). The summed E-state index contributed by atoms with van der Waals surface area (Å²) in [6.07, 6.45) is 0. The molecule has 0 spiro atoms. The summed E-state index contributed by atoms with van der Waals surface area (Å²) in [5, 5.41) is 0. The summed E-state index contributed by atoms with van der Waals surface area (Å²) in [5.41, 5.74) is 1.76. The minimum absolute atomic E-state index is 0.0612. The average molecular weight is 359 g/mol. The Labute approximate surface area is 130 Å². The molecule has 0 fully saturated rings. The van der Waals surface area contributed by atoms with Gasteiger partial charge in [0.05, 0.1) is 10.9 Å². The van der Waals surface area contributed by atoms with Gasteiger partial charge < -0.3 is 4.90 Å². The Morgan fingerprint density at radius 2 is 2.11 bits per heavy atom. The van der Waals surface area contributed by atoms with Crippen molar-refractivity contribution in [1.82, 2.24) is 0 Å². The number of hydrogen-bond donors (Lipinski definition) is 0. The van der Waals surface area contributed by atoms with Gasteiger partial charge in [-0.25, -0.2) is 0 Å². The van der Waals surface area contributed by atoms with Crippen molar-refractivity contribution >= 4 is 50.3 Å². The predicted molar refractivity (Wildman–Crippen MR) is 85.6 cm³/mol. The maximum absolute atomic E-state index is 11.4. The minimum atomic E-state index is 0.0612. The highest BCUT2D eigenvalue weighted by molar-refractivity contribution is 9.10. The molecule has 1 aromatic heterocycles. The fourth-order valence-electron chi connectivity index (χ4n) is 1.79. The number of carbonyl (C=O) groups excluding carboxylic acids is 1. The van der Waals surface area contributed by atoms with Gasteiger partial charge in [0.15, 0.2) is 5.78 Å². The minimum Gasteiger partial charge on any atom is -0.369 e. The number of nitrogens with zero attached hydrogens (tertiary/aromatic N) is 1. The summed E-state index contributed by atoms with van der Waals surface area (Å²) in [5.74, 6) is 0.0612. The van der Waals surface area contributed by atoms with Crippen LogP contribution in [0, 0.1) is 0 Å². The first-order chi connectivity index (χ1) is 8.97. The van der Waals surface area contributed by atoms with Crippen LogP contribution in [0.15, 0.2) is 34.8 Å². The molecule has 5 heteroatoms. The van der Waals surface area contributed by atoms with E-state index >= 15 is 0 Å². The van der Waals surface area contributed by atoms with Gasteiger partial charge in [0.25, 0.3) is 0 Å². The van der Waals surface area contributed by atoms with Crippen LogP contribution in [-0.2, 0) is 6.54 Å². The molecule has 0 saturated heterocycles. The van der Waals surface area contributed by atoms with Crippen LogP contribution < -0.4 is 4.90 Å². The van der Waals surface area contributed by atoms with Gasteiger partial charge in [-0.2, -0.15) is 0 Å². The molecule has 0 unspecified atom stereocenters. The highest BCUT2D eigenvalue weighted by Crippen LogP contribution is 2.27. The monoisotopic (exact) mass is 357 g/mol. The predicted octanol–water partition coefficient (Wildman–Crippen LogP) is 5.00. The van der Waals surface area contributed by atoms with Crippen molar-refractivity contribution in [3.05, 3.63) is 49.6 Å². The van der Waals surface area contributed by atoms with Gasteiger partial charge in [0, 0.05) is 27.6 Å². The van der Waals surface area contributed by atoms with Gasteiger partial charge >= 0.3 is 0 Å². The van der Waals surface area contributed by atoms with Crippen LogP contribution in [0.3, 0.4) is 0 Å². The zero-order chi connectivity index (χ0) is 14.0. The summed E-state index contributed by atoms with van der Waals surface area (Å²) >= 11 is 10.9. The maximum atomic E-state index is 11.4. The molecule has 1 heterocycles. The molecule has 0 saturated carbocycles. The zero-order valence-electron chi connectivity index (χ0n) is 10.6. The first-order valence-corrected chi connectivity index (χ1v) is 7.72. The highest BCUT2D eigenvalue weighted by atomic mass is 79.9. The second kappa shape index (κ2) is 6.07. The lowest BCUT2D eigenvalue weighted by Gasteiger charge is -2.19. The Bertz CT molecular complexity index is 611. The summed E-state index contributed by atoms with van der Waals surface area (Å²) in [6.45, 7) is 2.36. The van der Waals surface area contributed by atoms with Crippen molar-refractivity contribution in [2.24, 2.45) is 0 Å². The number of rotatable bonds is 4. The zero-order valence-corrected chi connectivity index (χ0v) is 13.8. The largest absolute Gasteiger partial charge is 0.369 e. The molecule has 100 valence electrons. The first-order valence-electron chi connectivity index (χ1n) is 5.73. The fourth-order valence-corrected chi connectivity index (χ4v) is 3.58. The van der Waals surface area contributed by atoms with E-state index in [2.05, 4.69) is 20.8 Å². The lowest BCUT2D eigenvalue weighted by Crippen LogP contribution is -2.15. The smallest absolute Gasteiger partial charge is 0.160 e. The number of halogens is 2. The number of anilines is 1. The Kier molecular flexibility index (Phi) is 4.66. The van der Waals surface area contributed by atoms with Crippen molar-refractivity contribution in [1.29, 1.82) is 0 Å². The molecule has 0 bridgehead atoms. The van der Waals surface area contributed by atoms with E-state index in [-0.39, 0.29) is 5.78 Å². The molecule has 0 amide bonds. The molecule has 0 aliphatic rings. The lowest BCUT2D eigenvalue weighted by molar-refractivity contribution is 0.101. The van der Waals surface area contributed by atoms with Gasteiger partial charge in [-0.1, -0.05) is 11.6 Å². The average Bonchev–Trinajstić information content (AvgIpc) is 2.74. The number of benzene rings is 1. The van der Waals surface area contributed by atoms with Gasteiger partial charge in [0.1, 0.15) is 0 Å². The van der Waals surface area contributed by atoms with Crippen LogP contribution >= 0.6 is 38.9 Å². The maximum Gasteiger partial charge on any atom is 0.160 e. The molecule has 0 aliphatic carbocycles. The quantitative estimate of drug-likeness (QED) is 0.717. The molecule has 2 nitrogen and oxygen atoms in total. The summed E-state index contributed by atoms with van der Waals surface area (Å²) < 4.78 is 1.63. The molecule has 1 aromatic carbocycles. The second-order valence-electron chi connectivity index (χ2n) is 4.28. The molecule has 0 N–H and O–H groups in total. The van der Waals surface area contributed by atoms with E-state index in [0.29, 0.717) is 5.56 Å². The Morgan fingerprint density at radius 3 is 2.63 bits per heavy atom. The van der Waals surface area contributed by atoms with E-state index < -0.39 is 0 Å². The van der Waals surface area contributed by atoms with Crippen LogP contribution in [0.1, 0.15) is 22.2 Å². The Morgan fingerprint density at radius 1 is 1.37 bits per heavy atom. The normalized spacial score (nSPS) is 10.5. The van der Waals surface area contributed by atoms with Gasteiger partial charge in [0.2, 0.25) is 0 Å². The van der Waals surface area contributed by atoms with Crippen LogP contribution in [0.25, 0.3) is 0 Å². The molecule has 2 aromatic rings. The van der Waals surface area contributed by atoms with E-state index in [4.69, 9.17) is 11.6 Å². The van der Waals surface area contributed by atoms with Crippen LogP contribution in [0.4, 0.5) is 5.69 Å². The summed E-state index contributed by atoms with van der Waals surface area (Å²) in [7, 11) is 2.02. The van der Waals surface area contributed by atoms with Crippen molar-refractivity contribution in [3.8, 4) is 0 Å². The Hall–Kier alpha value is -0.840. The fraction of sp³-hybridized carbons (Fsp3) is 0.214. The van der Waals surface area contributed by atoms with Crippen LogP contribution in [0.2, 0.25) is 4.34 Å². The number of Topliss-reactive ketones (excluding diaryl/α,β-unsaturated/α-hetero) is 1. The molecule has 19 heavy (non-hydrogen) atoms. The van der Waals surface area contributed by atoms with Gasteiger partial charge in [-0.15, -0.1) is 11.3 Å². The standard InChI is InChI=1S/C14H13BrClNOS/c1-9(18)12-5-3-10(7-13(12)15)17(2)8-11-4-6-14(16)19-11/h3-7H,8H2,1-2H3. The summed E-state index contributed by atoms with van der Waals surface area (Å²) in [6, 6.07) is 9.70. The molecular formula is C14H13BrClNOS. The third-order valence-corrected chi connectivity index (χ3v) is 4.67. The number of carbonyl (C=O) groups is 1. The van der Waals surface area contributed by atoms with Crippen LogP contribution in [-0.4, -0.2) is 12.8 Å². The van der Waals surface area contributed by atoms with Crippen molar-refractivity contribution in [2.75, 3.05) is 11.9 Å². The summed E-state index contributed by atoms with van der Waals surface area (Å²) in [4.78, 5) is 14.7. The van der Waals surface area contributed by atoms with E-state index in [0.717, 1.165) is 21.0 Å². The van der Waals surface area contributed by atoms with Crippen LogP contribution in [0.5, 0.6) is 0 Å². The third kappa shape index (κ3) is 3.59. The second-order valence-corrected chi connectivity index (χ2v) is 6.94. The number of ketones is 1. The molecular weight excluding hydrogens is 346 g/mol. The lowest BCUT2D eigenvalue weighted by atomic mass is 10.1. The van der Waals surface area contributed by atoms with E-state index in [1.165, 1.54) is 4.88 Å². The highest BCUT2D eigenvalue weighted by Gasteiger charge is 2.09. The van der Waals surface area contributed by atoms with Crippen molar-refractivity contribution in [2.45, 2.75) is 13.5 Å². The third-order valence-electron chi connectivity index (χ3n) is 2.79.